The summed E-state index contributed by atoms with van der Waals surface area (Å²) in [5.41, 5.74) is 1.05. The molecule has 0 aromatic heterocycles. The summed E-state index contributed by atoms with van der Waals surface area (Å²) in [5.74, 6) is -4.04. The van der Waals surface area contributed by atoms with Crippen LogP contribution >= 0.6 is 0 Å². The van der Waals surface area contributed by atoms with Crippen LogP contribution in [0.3, 0.4) is 0 Å². The van der Waals surface area contributed by atoms with E-state index in [4.69, 9.17) is 4.74 Å². The lowest BCUT2D eigenvalue weighted by Crippen LogP contribution is -2.49. The molecule has 1 aliphatic rings. The molecule has 1 saturated heterocycles. The van der Waals surface area contributed by atoms with Gasteiger partial charge in [-0.05, 0) is 56.5 Å². The summed E-state index contributed by atoms with van der Waals surface area (Å²) in [6.45, 7) is 8.84. The van der Waals surface area contributed by atoms with Gasteiger partial charge in [-0.3, -0.25) is 4.79 Å². The van der Waals surface area contributed by atoms with Crippen molar-refractivity contribution in [3.63, 3.8) is 0 Å². The Hall–Kier alpha value is -2.45. The van der Waals surface area contributed by atoms with Crippen molar-refractivity contribution >= 4 is 17.8 Å². The maximum absolute atomic E-state index is 12.6. The number of likely N-dealkylation sites (tertiary alicyclic amines) is 1. The summed E-state index contributed by atoms with van der Waals surface area (Å²) < 4.78 is 5.43. The number of benzene rings is 1. The topological polar surface area (TPSA) is 116 Å². The third-order valence-electron chi connectivity index (χ3n) is 6.72. The first kappa shape index (κ1) is 26.8. The highest BCUT2D eigenvalue weighted by molar-refractivity contribution is 5.89. The number of rotatable bonds is 9. The predicted octanol–water partition coefficient (Wildman–Crippen LogP) is 2.58. The maximum Gasteiger partial charge on any atom is 0.341 e. The number of aliphatic carboxylic acids is 1. The molecule has 33 heavy (non-hydrogen) atoms. The van der Waals surface area contributed by atoms with Gasteiger partial charge in [0.2, 0.25) is 5.91 Å². The molecule has 1 aliphatic heterocycles. The fourth-order valence-corrected chi connectivity index (χ4v) is 4.46. The zero-order valence-electron chi connectivity index (χ0n) is 20.3. The predicted molar refractivity (Wildman–Crippen MR) is 125 cm³/mol. The fourth-order valence-electron chi connectivity index (χ4n) is 4.46. The number of carbonyl (C=O) groups excluding carboxylic acids is 2. The summed E-state index contributed by atoms with van der Waals surface area (Å²) >= 11 is 0. The van der Waals surface area contributed by atoms with Gasteiger partial charge in [0.1, 0.15) is 11.8 Å². The first-order valence-corrected chi connectivity index (χ1v) is 11.7. The average Bonchev–Trinajstić information content (AvgIpc) is 2.97. The third-order valence-corrected chi connectivity index (χ3v) is 6.72. The van der Waals surface area contributed by atoms with Crippen LogP contribution in [0.25, 0.3) is 0 Å². The van der Waals surface area contributed by atoms with E-state index in [1.165, 1.54) is 6.92 Å². The molecule has 8 nitrogen and oxygen atoms in total. The van der Waals surface area contributed by atoms with Crippen molar-refractivity contribution in [2.45, 2.75) is 70.9 Å². The van der Waals surface area contributed by atoms with E-state index in [9.17, 15) is 24.6 Å². The van der Waals surface area contributed by atoms with E-state index in [0.717, 1.165) is 44.3 Å². The number of hydrogen-bond donors (Lipinski definition) is 3. The molecule has 0 aliphatic carbocycles. The second kappa shape index (κ2) is 11.6. The van der Waals surface area contributed by atoms with Crippen LogP contribution in [0.5, 0.6) is 5.75 Å². The van der Waals surface area contributed by atoms with Gasteiger partial charge in [-0.25, -0.2) is 9.59 Å². The number of esters is 1. The van der Waals surface area contributed by atoms with E-state index in [1.807, 2.05) is 18.2 Å². The minimum Gasteiger partial charge on any atom is -0.480 e. The van der Waals surface area contributed by atoms with Crippen LogP contribution < -0.4 is 10.1 Å². The Bertz CT molecular complexity index is 842. The highest BCUT2D eigenvalue weighted by Gasteiger charge is 2.35. The average molecular weight is 463 g/mol. The van der Waals surface area contributed by atoms with Gasteiger partial charge in [-0.2, -0.15) is 0 Å². The number of carbonyl (C=O) groups is 3. The normalized spacial score (nSPS) is 22.2. The SMILES string of the molecule is CCC1(c2cccc(OC(=O)[C@H](O)[C@H](C)C(=O)N[C@H](C(=O)O)C(C)C)c2)CCCCN(C)C1. The molecule has 3 N–H and O–H groups in total. The third kappa shape index (κ3) is 6.77. The second-order valence-electron chi connectivity index (χ2n) is 9.58. The standard InChI is InChI=1S/C25H38N2O6/c1-6-25(12-7-8-13-27(5)15-25)18-10-9-11-19(14-18)33-24(32)21(28)17(4)22(29)26-20(16(2)3)23(30)31/h9-11,14,16-17,20-21,28H,6-8,12-13,15H2,1-5H3,(H,26,29)(H,30,31)/t17-,20-,21+,25?/m0/s1. The van der Waals surface area contributed by atoms with Gasteiger partial charge in [0.15, 0.2) is 6.10 Å². The fraction of sp³-hybridized carbons (Fsp3) is 0.640. The molecule has 8 heteroatoms. The number of nitrogens with zero attached hydrogens (tertiary/aromatic N) is 1. The van der Waals surface area contributed by atoms with Crippen molar-refractivity contribution in [1.82, 2.24) is 10.2 Å². The number of likely N-dealkylation sites (N-methyl/N-ethyl adjacent to an activating group) is 1. The van der Waals surface area contributed by atoms with E-state index >= 15 is 0 Å². The maximum atomic E-state index is 12.6. The monoisotopic (exact) mass is 462 g/mol. The highest BCUT2D eigenvalue weighted by Crippen LogP contribution is 2.37. The number of ether oxygens (including phenoxy) is 1. The first-order chi connectivity index (χ1) is 15.5. The highest BCUT2D eigenvalue weighted by atomic mass is 16.5. The Kier molecular flexibility index (Phi) is 9.43. The first-order valence-electron chi connectivity index (χ1n) is 11.7. The minimum absolute atomic E-state index is 0.0395. The van der Waals surface area contributed by atoms with Crippen molar-refractivity contribution in [3.8, 4) is 5.75 Å². The van der Waals surface area contributed by atoms with Crippen LogP contribution in [-0.4, -0.2) is 65.2 Å². The molecule has 1 amide bonds. The molecule has 4 atom stereocenters. The molecule has 0 saturated carbocycles. The largest absolute Gasteiger partial charge is 0.480 e. The van der Waals surface area contributed by atoms with E-state index < -0.39 is 35.9 Å². The van der Waals surface area contributed by atoms with Gasteiger partial charge < -0.3 is 25.2 Å². The molecule has 0 radical (unpaired) electrons. The lowest BCUT2D eigenvalue weighted by molar-refractivity contribution is -0.151. The molecule has 184 valence electrons. The molecule has 0 spiro atoms. The number of carboxylic acid groups (broad SMARTS) is 1. The number of amides is 1. The van der Waals surface area contributed by atoms with Crippen LogP contribution in [0.15, 0.2) is 24.3 Å². The molecule has 1 aromatic carbocycles. The van der Waals surface area contributed by atoms with E-state index in [0.29, 0.717) is 5.75 Å². The number of carboxylic acids is 1. The zero-order valence-corrected chi connectivity index (χ0v) is 20.3. The van der Waals surface area contributed by atoms with Crippen molar-refractivity contribution in [3.05, 3.63) is 29.8 Å². The molecular formula is C25H38N2O6. The quantitative estimate of drug-likeness (QED) is 0.381. The van der Waals surface area contributed by atoms with Gasteiger partial charge in [-0.1, -0.05) is 46.2 Å². The minimum atomic E-state index is -1.72. The summed E-state index contributed by atoms with van der Waals surface area (Å²) in [4.78, 5) is 38.7. The summed E-state index contributed by atoms with van der Waals surface area (Å²) in [5, 5.41) is 22.0. The summed E-state index contributed by atoms with van der Waals surface area (Å²) in [6, 6.07) is 6.27. The number of nitrogens with one attached hydrogen (secondary N) is 1. The van der Waals surface area contributed by atoms with Crippen LogP contribution in [0, 0.1) is 11.8 Å². The summed E-state index contributed by atoms with van der Waals surface area (Å²) in [7, 11) is 2.12. The Morgan fingerprint density at radius 2 is 1.91 bits per heavy atom. The number of hydrogen-bond acceptors (Lipinski definition) is 6. The van der Waals surface area contributed by atoms with Gasteiger partial charge in [-0.15, -0.1) is 0 Å². The van der Waals surface area contributed by atoms with Crippen molar-refractivity contribution < 1.29 is 29.3 Å². The molecule has 1 heterocycles. The van der Waals surface area contributed by atoms with Crippen LogP contribution in [0.4, 0.5) is 0 Å². The molecule has 1 fully saturated rings. The van der Waals surface area contributed by atoms with Gasteiger partial charge >= 0.3 is 11.9 Å². The van der Waals surface area contributed by atoms with Crippen molar-refractivity contribution in [2.75, 3.05) is 20.1 Å². The van der Waals surface area contributed by atoms with E-state index in [-0.39, 0.29) is 11.3 Å². The number of aliphatic hydroxyl groups is 1. The van der Waals surface area contributed by atoms with Gasteiger partial charge in [0, 0.05) is 12.0 Å². The lowest BCUT2D eigenvalue weighted by Gasteiger charge is -2.35. The van der Waals surface area contributed by atoms with Crippen molar-refractivity contribution in [2.24, 2.45) is 11.8 Å². The molecular weight excluding hydrogens is 424 g/mol. The second-order valence-corrected chi connectivity index (χ2v) is 9.58. The van der Waals surface area contributed by atoms with Crippen molar-refractivity contribution in [1.29, 1.82) is 0 Å². The Morgan fingerprint density at radius 3 is 2.52 bits per heavy atom. The molecule has 1 unspecified atom stereocenters. The van der Waals surface area contributed by atoms with Gasteiger partial charge in [0.05, 0.1) is 5.92 Å². The van der Waals surface area contributed by atoms with Crippen LogP contribution in [0.2, 0.25) is 0 Å². The molecule has 2 rings (SSSR count). The van der Waals surface area contributed by atoms with E-state index in [1.54, 1.807) is 19.9 Å². The zero-order chi connectivity index (χ0) is 24.8. The lowest BCUT2D eigenvalue weighted by atomic mass is 9.74. The summed E-state index contributed by atoms with van der Waals surface area (Å²) in [6.07, 6.45) is 2.56. The Labute approximate surface area is 196 Å². The Morgan fingerprint density at radius 1 is 1.21 bits per heavy atom. The number of aliphatic hydroxyl groups excluding tert-OH is 1. The smallest absolute Gasteiger partial charge is 0.341 e. The van der Waals surface area contributed by atoms with E-state index in [2.05, 4.69) is 24.2 Å². The molecule has 1 aromatic rings. The molecule has 0 bridgehead atoms. The van der Waals surface area contributed by atoms with Crippen LogP contribution in [0.1, 0.15) is 58.9 Å². The van der Waals surface area contributed by atoms with Crippen LogP contribution in [-0.2, 0) is 19.8 Å². The Balaban J connectivity index is 2.12. The van der Waals surface area contributed by atoms with Gasteiger partial charge in [0.25, 0.3) is 0 Å².